The van der Waals surface area contributed by atoms with E-state index in [9.17, 15) is 14.4 Å². The first-order valence-corrected chi connectivity index (χ1v) is 13.4. The summed E-state index contributed by atoms with van der Waals surface area (Å²) >= 11 is 1.08. The van der Waals surface area contributed by atoms with E-state index in [1.54, 1.807) is 42.5 Å². The van der Waals surface area contributed by atoms with Crippen LogP contribution in [0, 0.1) is 6.92 Å². The van der Waals surface area contributed by atoms with Gasteiger partial charge in [0.05, 0.1) is 11.3 Å². The molecule has 0 fully saturated rings. The Bertz CT molecular complexity index is 1930. The SMILES string of the molecule is Cc1ccc(NC(=O)CN2C(=O)/C(=c3\sc4nc(C5COc6ccccc6O5)nn4c3=O)c3ccccc32)cc1. The molecular formula is C29H21N5O5S. The van der Waals surface area contributed by atoms with Crippen molar-refractivity contribution >= 4 is 45.1 Å². The van der Waals surface area contributed by atoms with Gasteiger partial charge >= 0.3 is 0 Å². The van der Waals surface area contributed by atoms with E-state index in [-0.39, 0.29) is 29.2 Å². The first kappa shape index (κ1) is 24.0. The molecule has 2 aliphatic rings. The van der Waals surface area contributed by atoms with Gasteiger partial charge in [0, 0.05) is 11.3 Å². The largest absolute Gasteiger partial charge is 0.485 e. The van der Waals surface area contributed by atoms with Crippen LogP contribution in [0.4, 0.5) is 11.4 Å². The molecule has 2 amide bonds. The summed E-state index contributed by atoms with van der Waals surface area (Å²) in [6.07, 6.45) is -0.575. The van der Waals surface area contributed by atoms with E-state index < -0.39 is 17.6 Å². The predicted molar refractivity (Wildman–Crippen MR) is 149 cm³/mol. The van der Waals surface area contributed by atoms with Crippen molar-refractivity contribution in [1.29, 1.82) is 0 Å². The number of ether oxygens (including phenoxy) is 2. The number of carbonyl (C=O) groups is 2. The zero-order valence-electron chi connectivity index (χ0n) is 21.2. The molecule has 0 spiro atoms. The fraction of sp³-hybridized carbons (Fsp3) is 0.138. The average molecular weight is 552 g/mol. The summed E-state index contributed by atoms with van der Waals surface area (Å²) in [5.74, 6) is 0.762. The molecule has 198 valence electrons. The molecule has 2 aromatic heterocycles. The molecule has 10 nitrogen and oxygen atoms in total. The minimum absolute atomic E-state index is 0.202. The van der Waals surface area contributed by atoms with E-state index in [1.807, 2.05) is 37.3 Å². The Morgan fingerprint density at radius 1 is 1.02 bits per heavy atom. The molecular weight excluding hydrogens is 530 g/mol. The number of aryl methyl sites for hydroxylation is 1. The van der Waals surface area contributed by atoms with E-state index in [2.05, 4.69) is 15.4 Å². The Hall–Kier alpha value is -5.03. The summed E-state index contributed by atoms with van der Waals surface area (Å²) in [4.78, 5) is 46.3. The van der Waals surface area contributed by atoms with Crippen LogP contribution in [0.2, 0.25) is 0 Å². The lowest BCUT2D eigenvalue weighted by atomic mass is 10.1. The van der Waals surface area contributed by atoms with Crippen LogP contribution >= 0.6 is 11.3 Å². The topological polar surface area (TPSA) is 115 Å². The van der Waals surface area contributed by atoms with Crippen LogP contribution in [-0.4, -0.2) is 39.6 Å². The maximum Gasteiger partial charge on any atom is 0.291 e. The minimum atomic E-state index is -0.575. The first-order valence-electron chi connectivity index (χ1n) is 12.6. The second-order valence-electron chi connectivity index (χ2n) is 9.46. The van der Waals surface area contributed by atoms with Gasteiger partial charge in [0.15, 0.2) is 23.4 Å². The van der Waals surface area contributed by atoms with Crippen molar-refractivity contribution in [2.75, 3.05) is 23.4 Å². The third-order valence-electron chi connectivity index (χ3n) is 6.76. The van der Waals surface area contributed by atoms with Crippen molar-refractivity contribution < 1.29 is 19.1 Å². The summed E-state index contributed by atoms with van der Waals surface area (Å²) in [6.45, 7) is 1.97. The number of amides is 2. The molecule has 11 heteroatoms. The molecule has 4 heterocycles. The van der Waals surface area contributed by atoms with Crippen LogP contribution in [0.3, 0.4) is 0 Å². The van der Waals surface area contributed by atoms with E-state index in [1.165, 1.54) is 9.42 Å². The predicted octanol–water partition coefficient (Wildman–Crippen LogP) is 2.88. The highest BCUT2D eigenvalue weighted by Crippen LogP contribution is 2.36. The lowest BCUT2D eigenvalue weighted by Crippen LogP contribution is -2.37. The maximum atomic E-state index is 13.7. The number of hydrogen-bond acceptors (Lipinski definition) is 8. The van der Waals surface area contributed by atoms with Gasteiger partial charge in [0.2, 0.25) is 10.9 Å². The normalized spacial score (nSPS) is 17.3. The van der Waals surface area contributed by atoms with Crippen molar-refractivity contribution in [2.24, 2.45) is 0 Å². The van der Waals surface area contributed by atoms with Crippen molar-refractivity contribution in [3.8, 4) is 11.5 Å². The summed E-state index contributed by atoms with van der Waals surface area (Å²) < 4.78 is 13.2. The minimum Gasteiger partial charge on any atom is -0.485 e. The number of nitrogens with one attached hydrogen (secondary N) is 1. The number of hydrogen-bond donors (Lipinski definition) is 1. The first-order chi connectivity index (χ1) is 19.5. The smallest absolute Gasteiger partial charge is 0.291 e. The van der Waals surface area contributed by atoms with Crippen LogP contribution in [0.5, 0.6) is 11.5 Å². The Morgan fingerprint density at radius 3 is 2.58 bits per heavy atom. The summed E-state index contributed by atoms with van der Waals surface area (Å²) in [7, 11) is 0. The Morgan fingerprint density at radius 2 is 1.77 bits per heavy atom. The molecule has 40 heavy (non-hydrogen) atoms. The van der Waals surface area contributed by atoms with Crippen molar-refractivity contribution in [3.05, 3.63) is 105 Å². The molecule has 1 unspecified atom stereocenters. The number of carbonyl (C=O) groups excluding carboxylic acids is 2. The molecule has 0 saturated carbocycles. The average Bonchev–Trinajstić information content (AvgIpc) is 3.60. The fourth-order valence-corrected chi connectivity index (χ4v) is 5.83. The van der Waals surface area contributed by atoms with Gasteiger partial charge in [0.25, 0.3) is 11.5 Å². The monoisotopic (exact) mass is 551 g/mol. The Balaban J connectivity index is 1.22. The van der Waals surface area contributed by atoms with Gasteiger partial charge in [-0.3, -0.25) is 19.3 Å². The highest BCUT2D eigenvalue weighted by molar-refractivity contribution is 7.15. The number of fused-ring (bicyclic) bond motifs is 3. The molecule has 3 aromatic carbocycles. The standard InChI is InChI=1S/C29H21N5O5S/c1-16-10-12-17(13-11-16)30-23(35)14-33-19-7-3-2-6-18(19)24(27(33)36)25-28(37)34-29(40-25)31-26(32-34)22-15-38-20-8-4-5-9-21(20)39-22/h2-13,22H,14-15H2,1H3,(H,30,35)/b25-24-. The number of aromatic nitrogens is 3. The van der Waals surface area contributed by atoms with Gasteiger partial charge in [-0.05, 0) is 37.3 Å². The Labute approximate surface area is 231 Å². The van der Waals surface area contributed by atoms with E-state index in [4.69, 9.17) is 9.47 Å². The molecule has 5 aromatic rings. The van der Waals surface area contributed by atoms with Crippen LogP contribution < -0.4 is 29.8 Å². The third-order valence-corrected chi connectivity index (χ3v) is 7.79. The van der Waals surface area contributed by atoms with Crippen molar-refractivity contribution in [3.63, 3.8) is 0 Å². The summed E-state index contributed by atoms with van der Waals surface area (Å²) in [5, 5.41) is 7.23. The van der Waals surface area contributed by atoms with E-state index >= 15 is 0 Å². The van der Waals surface area contributed by atoms with Gasteiger partial charge in [-0.1, -0.05) is 59.4 Å². The van der Waals surface area contributed by atoms with E-state index in [0.29, 0.717) is 39.2 Å². The number of thiazole rings is 1. The third kappa shape index (κ3) is 3.98. The van der Waals surface area contributed by atoms with Gasteiger partial charge in [-0.2, -0.15) is 9.50 Å². The summed E-state index contributed by atoms with van der Waals surface area (Å²) in [6, 6.07) is 21.8. The van der Waals surface area contributed by atoms with Crippen molar-refractivity contribution in [1.82, 2.24) is 14.6 Å². The van der Waals surface area contributed by atoms with Crippen LogP contribution in [0.15, 0.2) is 77.6 Å². The molecule has 7 rings (SSSR count). The summed E-state index contributed by atoms with van der Waals surface area (Å²) in [5.41, 5.74) is 2.63. The number of benzene rings is 3. The maximum absolute atomic E-state index is 13.7. The molecule has 1 atom stereocenters. The lowest BCUT2D eigenvalue weighted by Gasteiger charge is -2.24. The zero-order chi connectivity index (χ0) is 27.4. The van der Waals surface area contributed by atoms with Crippen LogP contribution in [-0.2, 0) is 9.59 Å². The molecule has 0 radical (unpaired) electrons. The molecule has 0 aliphatic carbocycles. The quantitative estimate of drug-likeness (QED) is 0.365. The number of nitrogens with zero attached hydrogens (tertiary/aromatic N) is 4. The van der Waals surface area contributed by atoms with Gasteiger partial charge in [-0.25, -0.2) is 0 Å². The zero-order valence-corrected chi connectivity index (χ0v) is 22.0. The number of para-hydroxylation sites is 3. The second kappa shape index (κ2) is 9.31. The fourth-order valence-electron chi connectivity index (χ4n) is 4.82. The molecule has 0 bridgehead atoms. The highest BCUT2D eigenvalue weighted by atomic mass is 32.1. The lowest BCUT2D eigenvalue weighted by molar-refractivity contribution is -0.118. The number of rotatable bonds is 4. The highest BCUT2D eigenvalue weighted by Gasteiger charge is 2.36. The molecule has 1 N–H and O–H groups in total. The van der Waals surface area contributed by atoms with Crippen molar-refractivity contribution in [2.45, 2.75) is 13.0 Å². The Kier molecular flexibility index (Phi) is 5.60. The van der Waals surface area contributed by atoms with Gasteiger partial charge < -0.3 is 14.8 Å². The molecule has 0 saturated heterocycles. The van der Waals surface area contributed by atoms with E-state index in [0.717, 1.165) is 16.9 Å². The number of anilines is 2. The van der Waals surface area contributed by atoms with Crippen LogP contribution in [0.25, 0.3) is 10.5 Å². The van der Waals surface area contributed by atoms with Gasteiger partial charge in [0.1, 0.15) is 17.7 Å². The molecule has 2 aliphatic heterocycles. The van der Waals surface area contributed by atoms with Crippen LogP contribution in [0.1, 0.15) is 23.1 Å². The van der Waals surface area contributed by atoms with Gasteiger partial charge in [-0.15, -0.1) is 5.10 Å². The second-order valence-corrected chi connectivity index (χ2v) is 10.4.